The third kappa shape index (κ3) is 4.51. The van der Waals surface area contributed by atoms with Crippen molar-refractivity contribution in [1.29, 1.82) is 0 Å². The summed E-state index contributed by atoms with van der Waals surface area (Å²) in [5.41, 5.74) is -0.0512. The number of halogens is 1. The molecule has 142 valence electrons. The summed E-state index contributed by atoms with van der Waals surface area (Å²) in [6.45, 7) is 1.49. The van der Waals surface area contributed by atoms with Crippen LogP contribution in [0.5, 0.6) is 0 Å². The Labute approximate surface area is 159 Å². The van der Waals surface area contributed by atoms with Crippen LogP contribution >= 0.6 is 11.3 Å². The number of nitrogens with zero attached hydrogens (tertiary/aromatic N) is 1. The molecule has 1 N–H and O–H groups in total. The van der Waals surface area contributed by atoms with Crippen LogP contribution in [0.25, 0.3) is 0 Å². The first-order valence-electron chi connectivity index (χ1n) is 8.53. The number of anilines is 1. The van der Waals surface area contributed by atoms with E-state index >= 15 is 0 Å². The number of nitrogens with one attached hydrogen (secondary N) is 1. The zero-order valence-corrected chi connectivity index (χ0v) is 15.6. The molecule has 1 atom stereocenters. The predicted octanol–water partition coefficient (Wildman–Crippen LogP) is 3.37. The monoisotopic (exact) mass is 390 g/mol. The number of carbonyl (C=O) groups excluding carboxylic acids is 3. The number of benzene rings is 1. The van der Waals surface area contributed by atoms with Crippen LogP contribution in [0.3, 0.4) is 0 Å². The second-order valence-electron chi connectivity index (χ2n) is 6.21. The molecule has 1 aliphatic heterocycles. The average Bonchev–Trinajstić information content (AvgIpc) is 3.31. The minimum atomic E-state index is -0.748. The molecule has 0 unspecified atom stereocenters. The fourth-order valence-corrected chi connectivity index (χ4v) is 3.95. The highest BCUT2D eigenvalue weighted by Gasteiger charge is 2.31. The number of hydrogen-bond acceptors (Lipinski definition) is 5. The van der Waals surface area contributed by atoms with Gasteiger partial charge in [0.05, 0.1) is 17.3 Å². The Bertz CT molecular complexity index is 853. The molecule has 0 saturated carbocycles. The molecular weight excluding hydrogens is 371 g/mol. The summed E-state index contributed by atoms with van der Waals surface area (Å²) >= 11 is 1.60. The van der Waals surface area contributed by atoms with Gasteiger partial charge < -0.3 is 15.0 Å². The van der Waals surface area contributed by atoms with Gasteiger partial charge in [0.2, 0.25) is 5.91 Å². The summed E-state index contributed by atoms with van der Waals surface area (Å²) in [6.07, 6.45) is 1.79. The summed E-state index contributed by atoms with van der Waals surface area (Å²) < 4.78 is 18.8. The van der Waals surface area contributed by atoms with E-state index in [0.717, 1.165) is 23.8 Å². The quantitative estimate of drug-likeness (QED) is 0.795. The van der Waals surface area contributed by atoms with Gasteiger partial charge in [0.15, 0.2) is 6.61 Å². The topological polar surface area (TPSA) is 75.7 Å². The molecule has 8 heteroatoms. The molecular formula is C19H19FN2O4S. The molecule has 1 aromatic carbocycles. The lowest BCUT2D eigenvalue weighted by atomic mass is 10.2. The van der Waals surface area contributed by atoms with E-state index < -0.39 is 17.7 Å². The molecule has 0 aliphatic carbocycles. The van der Waals surface area contributed by atoms with Crippen molar-refractivity contribution in [1.82, 2.24) is 4.90 Å². The van der Waals surface area contributed by atoms with Crippen LogP contribution in [0.4, 0.5) is 10.1 Å². The fourth-order valence-electron chi connectivity index (χ4n) is 3.07. The Morgan fingerprint density at radius 2 is 2.15 bits per heavy atom. The van der Waals surface area contributed by atoms with Crippen molar-refractivity contribution < 1.29 is 23.5 Å². The summed E-state index contributed by atoms with van der Waals surface area (Å²) in [5.74, 6) is -2.12. The van der Waals surface area contributed by atoms with E-state index in [2.05, 4.69) is 5.32 Å². The fraction of sp³-hybridized carbons (Fsp3) is 0.316. The number of hydrogen-bond donors (Lipinski definition) is 1. The molecule has 3 rings (SSSR count). The number of amides is 2. The average molecular weight is 390 g/mol. The first-order valence-corrected chi connectivity index (χ1v) is 9.41. The van der Waals surface area contributed by atoms with Crippen molar-refractivity contribution in [2.24, 2.45) is 0 Å². The maximum atomic E-state index is 13.7. The van der Waals surface area contributed by atoms with Gasteiger partial charge in [-0.15, -0.1) is 11.3 Å². The van der Waals surface area contributed by atoms with Gasteiger partial charge in [-0.1, -0.05) is 6.07 Å². The number of carbonyl (C=O) groups is 3. The number of esters is 1. The SMILES string of the molecule is CC(=O)Nc1cc(C(=O)OCC(=O)N2CCC[C@@H]2c2cccs2)ccc1F. The molecule has 1 aliphatic rings. The van der Waals surface area contributed by atoms with Gasteiger partial charge in [0.1, 0.15) is 5.82 Å². The maximum absolute atomic E-state index is 13.7. The zero-order valence-electron chi connectivity index (χ0n) is 14.7. The molecule has 6 nitrogen and oxygen atoms in total. The summed E-state index contributed by atoms with van der Waals surface area (Å²) in [6, 6.07) is 7.47. The van der Waals surface area contributed by atoms with Crippen LogP contribution in [-0.4, -0.2) is 35.8 Å². The van der Waals surface area contributed by atoms with E-state index in [9.17, 15) is 18.8 Å². The Balaban J connectivity index is 1.62. The van der Waals surface area contributed by atoms with Crippen molar-refractivity contribution in [2.45, 2.75) is 25.8 Å². The molecule has 0 bridgehead atoms. The van der Waals surface area contributed by atoms with Gasteiger partial charge in [-0.25, -0.2) is 9.18 Å². The van der Waals surface area contributed by atoms with Crippen LogP contribution in [-0.2, 0) is 14.3 Å². The highest BCUT2D eigenvalue weighted by atomic mass is 32.1. The third-order valence-corrected chi connectivity index (χ3v) is 5.26. The van der Waals surface area contributed by atoms with E-state index in [0.29, 0.717) is 6.54 Å². The number of likely N-dealkylation sites (tertiary alicyclic amines) is 1. The lowest BCUT2D eigenvalue weighted by molar-refractivity contribution is -0.135. The van der Waals surface area contributed by atoms with E-state index in [1.165, 1.54) is 19.1 Å². The third-order valence-electron chi connectivity index (χ3n) is 4.28. The normalized spacial score (nSPS) is 16.2. The van der Waals surface area contributed by atoms with Crippen LogP contribution in [0.15, 0.2) is 35.7 Å². The molecule has 27 heavy (non-hydrogen) atoms. The smallest absolute Gasteiger partial charge is 0.338 e. The second kappa shape index (κ2) is 8.30. The molecule has 1 aromatic heterocycles. The minimum Gasteiger partial charge on any atom is -0.452 e. The van der Waals surface area contributed by atoms with Crippen molar-refractivity contribution >= 4 is 34.8 Å². The maximum Gasteiger partial charge on any atom is 0.338 e. The molecule has 2 amide bonds. The summed E-state index contributed by atoms with van der Waals surface area (Å²) in [7, 11) is 0. The van der Waals surface area contributed by atoms with Crippen LogP contribution in [0, 0.1) is 5.82 Å². The Hall–Kier alpha value is -2.74. The number of rotatable bonds is 5. The van der Waals surface area contributed by atoms with Crippen molar-refractivity contribution in [3.05, 3.63) is 52.0 Å². The summed E-state index contributed by atoms with van der Waals surface area (Å²) in [5, 5.41) is 4.27. The minimum absolute atomic E-state index is 0.0217. The Kier molecular flexibility index (Phi) is 5.85. The first kappa shape index (κ1) is 19.0. The molecule has 2 aromatic rings. The predicted molar refractivity (Wildman–Crippen MR) is 99.0 cm³/mol. The second-order valence-corrected chi connectivity index (χ2v) is 7.19. The highest BCUT2D eigenvalue weighted by molar-refractivity contribution is 7.10. The molecule has 1 saturated heterocycles. The van der Waals surface area contributed by atoms with E-state index in [1.54, 1.807) is 16.2 Å². The van der Waals surface area contributed by atoms with Crippen molar-refractivity contribution in [3.63, 3.8) is 0 Å². The van der Waals surface area contributed by atoms with Crippen LogP contribution in [0.1, 0.15) is 41.0 Å². The molecule has 2 heterocycles. The van der Waals surface area contributed by atoms with E-state index in [-0.39, 0.29) is 29.8 Å². The Morgan fingerprint density at radius 1 is 1.33 bits per heavy atom. The van der Waals surface area contributed by atoms with Gasteiger partial charge in [0.25, 0.3) is 5.91 Å². The van der Waals surface area contributed by atoms with E-state index in [1.807, 2.05) is 17.5 Å². The molecule has 0 radical (unpaired) electrons. The molecule has 0 spiro atoms. The van der Waals surface area contributed by atoms with Gasteiger partial charge >= 0.3 is 5.97 Å². The molecule has 1 fully saturated rings. The lowest BCUT2D eigenvalue weighted by Crippen LogP contribution is -2.34. The van der Waals surface area contributed by atoms with Crippen molar-refractivity contribution in [2.75, 3.05) is 18.5 Å². The number of thiophene rings is 1. The number of ether oxygens (including phenoxy) is 1. The largest absolute Gasteiger partial charge is 0.452 e. The van der Waals surface area contributed by atoms with Gasteiger partial charge in [-0.05, 0) is 42.5 Å². The Morgan fingerprint density at radius 3 is 2.85 bits per heavy atom. The van der Waals surface area contributed by atoms with Gasteiger partial charge in [0, 0.05) is 18.3 Å². The van der Waals surface area contributed by atoms with Gasteiger partial charge in [-0.3, -0.25) is 9.59 Å². The van der Waals surface area contributed by atoms with Gasteiger partial charge in [-0.2, -0.15) is 0 Å². The van der Waals surface area contributed by atoms with E-state index in [4.69, 9.17) is 4.74 Å². The zero-order chi connectivity index (χ0) is 19.4. The summed E-state index contributed by atoms with van der Waals surface area (Å²) in [4.78, 5) is 38.6. The van der Waals surface area contributed by atoms with Crippen LogP contribution < -0.4 is 5.32 Å². The standard InChI is InChI=1S/C19H19FN2O4S/c1-12(23)21-15-10-13(6-7-14(15)20)19(25)26-11-18(24)22-8-2-4-16(22)17-5-3-9-27-17/h3,5-7,9-10,16H,2,4,8,11H2,1H3,(H,21,23)/t16-/m1/s1. The lowest BCUT2D eigenvalue weighted by Gasteiger charge is -2.23. The highest BCUT2D eigenvalue weighted by Crippen LogP contribution is 2.34. The van der Waals surface area contributed by atoms with Crippen molar-refractivity contribution in [3.8, 4) is 0 Å². The first-order chi connectivity index (χ1) is 13.0. The van der Waals surface area contributed by atoms with Crippen LogP contribution in [0.2, 0.25) is 0 Å².